The van der Waals surface area contributed by atoms with E-state index in [9.17, 15) is 14.0 Å². The van der Waals surface area contributed by atoms with Crippen molar-refractivity contribution in [3.05, 3.63) is 89.2 Å². The fraction of sp³-hybridized carbons (Fsp3) is 0.200. The number of hydrogen-bond acceptors (Lipinski definition) is 4. The van der Waals surface area contributed by atoms with E-state index in [4.69, 9.17) is 9.47 Å². The van der Waals surface area contributed by atoms with Gasteiger partial charge in [0, 0.05) is 29.9 Å². The van der Waals surface area contributed by atoms with E-state index in [0.717, 1.165) is 16.9 Å². The fourth-order valence-electron chi connectivity index (χ4n) is 3.54. The van der Waals surface area contributed by atoms with Crippen LogP contribution in [0.3, 0.4) is 0 Å². The second kappa shape index (κ2) is 9.51. The summed E-state index contributed by atoms with van der Waals surface area (Å²) in [7, 11) is 1.62. The van der Waals surface area contributed by atoms with Crippen LogP contribution in [0.4, 0.5) is 10.1 Å². The van der Waals surface area contributed by atoms with Crippen molar-refractivity contribution in [2.45, 2.75) is 13.0 Å². The van der Waals surface area contributed by atoms with E-state index in [1.807, 2.05) is 24.3 Å². The molecule has 0 fully saturated rings. The van der Waals surface area contributed by atoms with Crippen LogP contribution in [0.1, 0.15) is 21.5 Å². The number of methoxy groups -OCH3 is 1. The van der Waals surface area contributed by atoms with Crippen molar-refractivity contribution in [1.29, 1.82) is 0 Å². The van der Waals surface area contributed by atoms with Gasteiger partial charge in [0.1, 0.15) is 17.3 Å². The van der Waals surface area contributed by atoms with Crippen molar-refractivity contribution < 1.29 is 23.5 Å². The molecule has 3 aromatic rings. The number of halogens is 1. The van der Waals surface area contributed by atoms with Crippen LogP contribution in [-0.2, 0) is 17.8 Å². The number of carbonyl (C=O) groups is 2. The van der Waals surface area contributed by atoms with Crippen LogP contribution in [0, 0.1) is 5.82 Å². The first-order chi connectivity index (χ1) is 15.5. The highest BCUT2D eigenvalue weighted by molar-refractivity contribution is 6.04. The zero-order valence-corrected chi connectivity index (χ0v) is 17.6. The molecule has 1 N–H and O–H groups in total. The monoisotopic (exact) mass is 434 g/mol. The van der Waals surface area contributed by atoms with Crippen LogP contribution in [-0.4, -0.2) is 37.0 Å². The summed E-state index contributed by atoms with van der Waals surface area (Å²) in [5.74, 6) is 0.411. The van der Waals surface area contributed by atoms with Crippen molar-refractivity contribution in [3.63, 3.8) is 0 Å². The van der Waals surface area contributed by atoms with E-state index in [1.54, 1.807) is 36.3 Å². The van der Waals surface area contributed by atoms with Gasteiger partial charge >= 0.3 is 0 Å². The maximum Gasteiger partial charge on any atom is 0.260 e. The van der Waals surface area contributed by atoms with E-state index in [-0.39, 0.29) is 18.1 Å². The summed E-state index contributed by atoms with van der Waals surface area (Å²) in [4.78, 5) is 26.7. The maximum atomic E-state index is 13.4. The Hall–Kier alpha value is -3.87. The Morgan fingerprint density at radius 3 is 2.69 bits per heavy atom. The smallest absolute Gasteiger partial charge is 0.260 e. The Kier molecular flexibility index (Phi) is 6.35. The highest BCUT2D eigenvalue weighted by Crippen LogP contribution is 2.27. The number of anilines is 1. The molecule has 2 amide bonds. The third-order valence-electron chi connectivity index (χ3n) is 5.30. The van der Waals surface area contributed by atoms with E-state index in [2.05, 4.69) is 5.32 Å². The molecule has 7 heteroatoms. The largest absolute Gasteiger partial charge is 0.497 e. The molecule has 1 aliphatic heterocycles. The summed E-state index contributed by atoms with van der Waals surface area (Å²) in [6.45, 7) is 0.868. The van der Waals surface area contributed by atoms with Crippen LogP contribution in [0.15, 0.2) is 66.7 Å². The quantitative estimate of drug-likeness (QED) is 0.636. The van der Waals surface area contributed by atoms with Crippen LogP contribution in [0.2, 0.25) is 0 Å². The van der Waals surface area contributed by atoms with Crippen LogP contribution < -0.4 is 14.8 Å². The summed E-state index contributed by atoms with van der Waals surface area (Å²) in [5, 5.41) is 2.77. The van der Waals surface area contributed by atoms with Gasteiger partial charge in [-0.05, 0) is 60.5 Å². The van der Waals surface area contributed by atoms with Gasteiger partial charge in [0.15, 0.2) is 6.61 Å². The minimum Gasteiger partial charge on any atom is -0.497 e. The number of fused-ring (bicyclic) bond motifs is 1. The number of amides is 2. The van der Waals surface area contributed by atoms with Crippen LogP contribution >= 0.6 is 0 Å². The van der Waals surface area contributed by atoms with Gasteiger partial charge in [-0.3, -0.25) is 9.59 Å². The third kappa shape index (κ3) is 5.06. The Balaban J connectivity index is 1.46. The summed E-state index contributed by atoms with van der Waals surface area (Å²) >= 11 is 0. The van der Waals surface area contributed by atoms with E-state index in [0.29, 0.717) is 30.9 Å². The molecule has 1 heterocycles. The molecule has 0 aliphatic carbocycles. The molecule has 6 nitrogen and oxygen atoms in total. The number of benzene rings is 3. The average molecular weight is 434 g/mol. The van der Waals surface area contributed by atoms with Crippen molar-refractivity contribution in [1.82, 2.24) is 4.90 Å². The van der Waals surface area contributed by atoms with Crippen LogP contribution in [0.5, 0.6) is 11.5 Å². The molecule has 0 spiro atoms. The zero-order valence-electron chi connectivity index (χ0n) is 17.6. The van der Waals surface area contributed by atoms with Gasteiger partial charge in [-0.2, -0.15) is 0 Å². The second-order valence-corrected chi connectivity index (χ2v) is 7.49. The van der Waals surface area contributed by atoms with Gasteiger partial charge in [0.2, 0.25) is 0 Å². The second-order valence-electron chi connectivity index (χ2n) is 7.49. The zero-order chi connectivity index (χ0) is 22.5. The number of ether oxygens (including phenoxy) is 2. The van der Waals surface area contributed by atoms with E-state index in [1.165, 1.54) is 18.2 Å². The number of nitrogens with one attached hydrogen (secondary N) is 1. The minimum absolute atomic E-state index is 0.0371. The molecular weight excluding hydrogens is 411 g/mol. The molecule has 0 atom stereocenters. The molecule has 4 rings (SSSR count). The fourth-order valence-corrected chi connectivity index (χ4v) is 3.54. The van der Waals surface area contributed by atoms with Gasteiger partial charge in [-0.15, -0.1) is 0 Å². The first kappa shape index (κ1) is 21.4. The minimum atomic E-state index is -0.473. The normalized spacial score (nSPS) is 13.1. The van der Waals surface area contributed by atoms with E-state index < -0.39 is 11.7 Å². The standard InChI is InChI=1S/C25H23FN2O4/c1-31-22-8-5-17(6-9-22)11-12-28-15-19-14-21(7-10-23(19)32-16-24(28)29)27-25(30)18-3-2-4-20(26)13-18/h2-10,13-14H,11-12,15-16H2,1H3,(H,27,30). The van der Waals surface area contributed by atoms with Crippen molar-refractivity contribution in [2.75, 3.05) is 25.6 Å². The third-order valence-corrected chi connectivity index (χ3v) is 5.30. The van der Waals surface area contributed by atoms with Gasteiger partial charge in [0.25, 0.3) is 11.8 Å². The van der Waals surface area contributed by atoms with Gasteiger partial charge in [0.05, 0.1) is 7.11 Å². The SMILES string of the molecule is COc1ccc(CCN2Cc3cc(NC(=O)c4cccc(F)c4)ccc3OCC2=O)cc1. The molecule has 0 saturated carbocycles. The van der Waals surface area contributed by atoms with E-state index >= 15 is 0 Å². The Labute approximate surface area is 185 Å². The lowest BCUT2D eigenvalue weighted by molar-refractivity contribution is -0.133. The Morgan fingerprint density at radius 1 is 1.12 bits per heavy atom. The molecular formula is C25H23FN2O4. The highest BCUT2D eigenvalue weighted by Gasteiger charge is 2.22. The number of rotatable bonds is 6. The molecule has 164 valence electrons. The lowest BCUT2D eigenvalue weighted by atomic mass is 10.1. The maximum absolute atomic E-state index is 13.4. The summed E-state index contributed by atoms with van der Waals surface area (Å²) < 4.78 is 24.3. The molecule has 32 heavy (non-hydrogen) atoms. The number of hydrogen-bond donors (Lipinski definition) is 1. The predicted molar refractivity (Wildman–Crippen MR) is 118 cm³/mol. The molecule has 3 aromatic carbocycles. The lowest BCUT2D eigenvalue weighted by Crippen LogP contribution is -2.34. The average Bonchev–Trinajstić information content (AvgIpc) is 2.96. The summed E-state index contributed by atoms with van der Waals surface area (Å²) in [6.07, 6.45) is 0.696. The Bertz CT molecular complexity index is 1130. The summed E-state index contributed by atoms with van der Waals surface area (Å²) in [6, 6.07) is 18.5. The number of nitrogens with zero attached hydrogens (tertiary/aromatic N) is 1. The molecule has 1 aliphatic rings. The molecule has 0 aromatic heterocycles. The van der Waals surface area contributed by atoms with Gasteiger partial charge < -0.3 is 19.7 Å². The topological polar surface area (TPSA) is 67.9 Å². The van der Waals surface area contributed by atoms with Gasteiger partial charge in [-0.1, -0.05) is 18.2 Å². The highest BCUT2D eigenvalue weighted by atomic mass is 19.1. The molecule has 0 unspecified atom stereocenters. The Morgan fingerprint density at radius 2 is 1.94 bits per heavy atom. The van der Waals surface area contributed by atoms with Crippen molar-refractivity contribution in [3.8, 4) is 11.5 Å². The summed E-state index contributed by atoms with van der Waals surface area (Å²) in [5.41, 5.74) is 2.67. The number of carbonyl (C=O) groups excluding carboxylic acids is 2. The first-order valence-corrected chi connectivity index (χ1v) is 10.2. The lowest BCUT2D eigenvalue weighted by Gasteiger charge is -2.20. The van der Waals surface area contributed by atoms with Crippen molar-refractivity contribution in [2.24, 2.45) is 0 Å². The predicted octanol–water partition coefficient (Wildman–Crippen LogP) is 4.05. The van der Waals surface area contributed by atoms with Gasteiger partial charge in [-0.25, -0.2) is 4.39 Å². The van der Waals surface area contributed by atoms with Crippen LogP contribution in [0.25, 0.3) is 0 Å². The van der Waals surface area contributed by atoms with Crippen molar-refractivity contribution >= 4 is 17.5 Å². The molecule has 0 bridgehead atoms. The molecule has 0 saturated heterocycles. The first-order valence-electron chi connectivity index (χ1n) is 10.2. The molecule has 0 radical (unpaired) electrons.